The smallest absolute Gasteiger partial charge is 0.255 e. The van der Waals surface area contributed by atoms with E-state index >= 15 is 0 Å². The van der Waals surface area contributed by atoms with Crippen molar-refractivity contribution >= 4 is 32.4 Å². The Kier molecular flexibility index (Phi) is 4.79. The maximum absolute atomic E-state index is 13.2. The Morgan fingerprint density at radius 2 is 1.89 bits per heavy atom. The molecule has 0 spiro atoms. The minimum Gasteiger partial charge on any atom is -0.506 e. The summed E-state index contributed by atoms with van der Waals surface area (Å²) in [5.74, 6) is -1.27. The predicted octanol–water partition coefficient (Wildman–Crippen LogP) is 2.72. The Morgan fingerprint density at radius 1 is 1.22 bits per heavy atom. The number of carbonyl (C=O) groups excluding carboxylic acids is 1. The Morgan fingerprint density at radius 3 is 2.48 bits per heavy atom. The third-order valence-corrected chi connectivity index (χ3v) is 4.56. The molecule has 27 heavy (non-hydrogen) atoms. The van der Waals surface area contributed by atoms with E-state index in [0.29, 0.717) is 10.9 Å². The number of aromatic hydroxyl groups is 1. The molecule has 0 aliphatic rings. The van der Waals surface area contributed by atoms with E-state index < -0.39 is 21.6 Å². The number of furan rings is 1. The lowest BCUT2D eigenvalue weighted by Gasteiger charge is -2.07. The van der Waals surface area contributed by atoms with Crippen molar-refractivity contribution in [3.8, 4) is 17.1 Å². The lowest BCUT2D eigenvalue weighted by atomic mass is 10.0. The van der Waals surface area contributed by atoms with Crippen LogP contribution in [0.1, 0.15) is 10.4 Å². The lowest BCUT2D eigenvalue weighted by Crippen LogP contribution is -2.18. The van der Waals surface area contributed by atoms with Crippen LogP contribution >= 0.6 is 0 Å². The third-order valence-electron chi connectivity index (χ3n) is 3.89. The first kappa shape index (κ1) is 18.7. The van der Waals surface area contributed by atoms with Crippen molar-refractivity contribution < 1.29 is 27.1 Å². The first-order valence-electron chi connectivity index (χ1n) is 7.88. The van der Waals surface area contributed by atoms with E-state index in [2.05, 4.69) is 10.6 Å². The first-order valence-corrected chi connectivity index (χ1v) is 9.95. The number of fused-ring (bicyclic) bond motifs is 1. The molecular weight excluding hydrogens is 375 g/mol. The topological polar surface area (TPSA) is 109 Å². The molecule has 7 nitrogen and oxygen atoms in total. The molecule has 0 atom stereocenters. The molecule has 0 aliphatic carbocycles. The van der Waals surface area contributed by atoms with E-state index in [1.54, 1.807) is 0 Å². The molecule has 0 aliphatic heterocycles. The van der Waals surface area contributed by atoms with Gasteiger partial charge in [-0.25, -0.2) is 12.8 Å². The van der Waals surface area contributed by atoms with Crippen LogP contribution in [0.25, 0.3) is 22.3 Å². The molecular formula is C18H17FN2O5S. The van der Waals surface area contributed by atoms with Crippen LogP contribution in [0.3, 0.4) is 0 Å². The molecule has 0 unspecified atom stereocenters. The number of sulfone groups is 1. The van der Waals surface area contributed by atoms with Gasteiger partial charge in [0, 0.05) is 30.3 Å². The van der Waals surface area contributed by atoms with Gasteiger partial charge in [0.1, 0.15) is 28.8 Å². The van der Waals surface area contributed by atoms with Gasteiger partial charge in [0.15, 0.2) is 9.84 Å². The van der Waals surface area contributed by atoms with E-state index in [9.17, 15) is 22.7 Å². The van der Waals surface area contributed by atoms with Crippen LogP contribution in [-0.2, 0) is 9.84 Å². The molecule has 3 N–H and O–H groups in total. The number of hydrogen-bond acceptors (Lipinski definition) is 6. The van der Waals surface area contributed by atoms with E-state index in [-0.39, 0.29) is 34.2 Å². The normalized spacial score (nSPS) is 11.5. The van der Waals surface area contributed by atoms with Gasteiger partial charge in [-0.15, -0.1) is 0 Å². The second kappa shape index (κ2) is 6.92. The van der Waals surface area contributed by atoms with Crippen LogP contribution in [0.2, 0.25) is 0 Å². The number of phenols is 1. The Bertz CT molecular complexity index is 1120. The molecule has 1 heterocycles. The number of anilines is 1. The number of nitrogens with one attached hydrogen (secondary N) is 2. The number of benzene rings is 2. The molecule has 9 heteroatoms. The average Bonchev–Trinajstić information content (AvgIpc) is 2.97. The van der Waals surface area contributed by atoms with Gasteiger partial charge in [0.25, 0.3) is 5.91 Å². The van der Waals surface area contributed by atoms with Crippen molar-refractivity contribution in [2.24, 2.45) is 0 Å². The predicted molar refractivity (Wildman–Crippen MR) is 100.0 cm³/mol. The molecule has 0 saturated heterocycles. The van der Waals surface area contributed by atoms with Gasteiger partial charge in [-0.3, -0.25) is 4.79 Å². The third kappa shape index (κ3) is 3.87. The Labute approximate surface area is 154 Å². The zero-order valence-corrected chi connectivity index (χ0v) is 15.4. The van der Waals surface area contributed by atoms with E-state index in [1.165, 1.54) is 43.4 Å². The number of phenolic OH excluding ortho intramolecular Hbond substituents is 1. The molecule has 0 bridgehead atoms. The minimum absolute atomic E-state index is 0.149. The molecule has 0 saturated carbocycles. The zero-order chi connectivity index (χ0) is 19.8. The molecule has 1 amide bonds. The van der Waals surface area contributed by atoms with E-state index in [0.717, 1.165) is 6.26 Å². The quantitative estimate of drug-likeness (QED) is 0.576. The standard InChI is InChI=1S/C18H17FN2O5S/c1-20-18(23)16-12-7-14(22)13(21-9-27(2,24)25)8-15(12)26-17(16)10-3-5-11(19)6-4-10/h3-8,21-22H,9H2,1-2H3,(H,20,23). The van der Waals surface area contributed by atoms with Gasteiger partial charge < -0.3 is 20.2 Å². The van der Waals surface area contributed by atoms with E-state index in [4.69, 9.17) is 4.42 Å². The fourth-order valence-electron chi connectivity index (χ4n) is 2.64. The van der Waals surface area contributed by atoms with Gasteiger partial charge in [0.2, 0.25) is 0 Å². The van der Waals surface area contributed by atoms with Crippen molar-refractivity contribution in [3.63, 3.8) is 0 Å². The van der Waals surface area contributed by atoms with Crippen molar-refractivity contribution in [2.75, 3.05) is 24.5 Å². The first-order chi connectivity index (χ1) is 12.7. The minimum atomic E-state index is -3.31. The fraction of sp³-hybridized carbons (Fsp3) is 0.167. The van der Waals surface area contributed by atoms with Gasteiger partial charge in [-0.2, -0.15) is 0 Å². The largest absolute Gasteiger partial charge is 0.506 e. The summed E-state index contributed by atoms with van der Waals surface area (Å²) in [6, 6.07) is 8.17. The molecule has 0 fully saturated rings. The molecule has 0 radical (unpaired) electrons. The maximum Gasteiger partial charge on any atom is 0.255 e. The lowest BCUT2D eigenvalue weighted by molar-refractivity contribution is 0.0964. The number of rotatable bonds is 5. The van der Waals surface area contributed by atoms with Crippen LogP contribution < -0.4 is 10.6 Å². The molecule has 3 rings (SSSR count). The highest BCUT2D eigenvalue weighted by atomic mass is 32.2. The van der Waals surface area contributed by atoms with Gasteiger partial charge in [0.05, 0.1) is 11.3 Å². The molecule has 3 aromatic rings. The Balaban J connectivity index is 2.18. The Hall–Kier alpha value is -3.07. The second-order valence-corrected chi connectivity index (χ2v) is 8.14. The summed E-state index contributed by atoms with van der Waals surface area (Å²) in [6.07, 6.45) is 1.05. The van der Waals surface area contributed by atoms with Crippen molar-refractivity contribution in [1.82, 2.24) is 5.32 Å². The van der Waals surface area contributed by atoms with Crippen LogP contribution in [0, 0.1) is 5.82 Å². The summed E-state index contributed by atoms with van der Waals surface area (Å²) < 4.78 is 41.7. The van der Waals surface area contributed by atoms with Gasteiger partial charge >= 0.3 is 0 Å². The number of hydrogen-bond donors (Lipinski definition) is 3. The average molecular weight is 392 g/mol. The monoisotopic (exact) mass is 392 g/mol. The highest BCUT2D eigenvalue weighted by Crippen LogP contribution is 2.38. The number of carbonyl (C=O) groups is 1. The summed E-state index contributed by atoms with van der Waals surface area (Å²) in [7, 11) is -1.86. The highest BCUT2D eigenvalue weighted by molar-refractivity contribution is 7.90. The summed E-state index contributed by atoms with van der Waals surface area (Å²) in [6.45, 7) is 0. The summed E-state index contributed by atoms with van der Waals surface area (Å²) in [4.78, 5) is 12.4. The number of halogens is 1. The van der Waals surface area contributed by atoms with Gasteiger partial charge in [-0.05, 0) is 30.3 Å². The second-order valence-electron chi connectivity index (χ2n) is 6.00. The van der Waals surface area contributed by atoms with Crippen LogP contribution in [0.15, 0.2) is 40.8 Å². The van der Waals surface area contributed by atoms with Crippen LogP contribution in [0.5, 0.6) is 5.75 Å². The van der Waals surface area contributed by atoms with Crippen LogP contribution in [-0.4, -0.2) is 38.6 Å². The van der Waals surface area contributed by atoms with E-state index in [1.807, 2.05) is 0 Å². The SMILES string of the molecule is CNC(=O)c1c(-c2ccc(F)cc2)oc2cc(NCS(C)(=O)=O)c(O)cc12. The molecule has 2 aromatic carbocycles. The summed E-state index contributed by atoms with van der Waals surface area (Å²) in [5.41, 5.74) is 1.08. The van der Waals surface area contributed by atoms with Crippen molar-refractivity contribution in [2.45, 2.75) is 0 Å². The van der Waals surface area contributed by atoms with Gasteiger partial charge in [-0.1, -0.05) is 0 Å². The maximum atomic E-state index is 13.2. The summed E-state index contributed by atoms with van der Waals surface area (Å²) >= 11 is 0. The zero-order valence-electron chi connectivity index (χ0n) is 14.5. The highest BCUT2D eigenvalue weighted by Gasteiger charge is 2.23. The fourth-order valence-corrected chi connectivity index (χ4v) is 3.05. The van der Waals surface area contributed by atoms with Crippen molar-refractivity contribution in [3.05, 3.63) is 47.8 Å². The van der Waals surface area contributed by atoms with Crippen LogP contribution in [0.4, 0.5) is 10.1 Å². The summed E-state index contributed by atoms with van der Waals surface area (Å²) in [5, 5.41) is 15.7. The number of amides is 1. The molecule has 142 valence electrons. The van der Waals surface area contributed by atoms with Crippen molar-refractivity contribution in [1.29, 1.82) is 0 Å². The molecule has 1 aromatic heterocycles.